The molecule has 1 unspecified atom stereocenters. The largest absolute Gasteiger partial charge is 0.271 e. The zero-order valence-electron chi connectivity index (χ0n) is 11.2. The highest BCUT2D eigenvalue weighted by Gasteiger charge is 2.17. The van der Waals surface area contributed by atoms with Gasteiger partial charge in [0.25, 0.3) is 0 Å². The molecule has 0 radical (unpaired) electrons. The van der Waals surface area contributed by atoms with Gasteiger partial charge >= 0.3 is 0 Å². The number of hydrogen-bond donors (Lipinski definition) is 2. The predicted molar refractivity (Wildman–Crippen MR) is 69.4 cm³/mol. The monoisotopic (exact) mass is 252 g/mol. The van der Waals surface area contributed by atoms with Gasteiger partial charge in [0.15, 0.2) is 5.82 Å². The first-order valence-electron chi connectivity index (χ1n) is 6.97. The Kier molecular flexibility index (Phi) is 5.07. The quantitative estimate of drug-likeness (QED) is 0.582. The molecule has 3 N–H and O–H groups in total. The molecule has 1 heterocycles. The minimum atomic E-state index is 0.260. The van der Waals surface area contributed by atoms with E-state index >= 15 is 0 Å². The van der Waals surface area contributed by atoms with E-state index in [0.717, 1.165) is 24.6 Å². The number of nitrogens with one attached hydrogen (secondary N) is 1. The summed E-state index contributed by atoms with van der Waals surface area (Å²) in [6.45, 7) is 0. The van der Waals surface area contributed by atoms with Gasteiger partial charge in [0.05, 0.1) is 7.05 Å². The van der Waals surface area contributed by atoms with Gasteiger partial charge in [-0.05, 0) is 24.0 Å². The molecule has 1 aromatic heterocycles. The molecule has 1 atom stereocenters. The van der Waals surface area contributed by atoms with Crippen molar-refractivity contribution < 1.29 is 0 Å². The van der Waals surface area contributed by atoms with Gasteiger partial charge < -0.3 is 0 Å². The van der Waals surface area contributed by atoms with Crippen LogP contribution in [-0.4, -0.2) is 26.2 Å². The molecule has 1 aliphatic carbocycles. The Morgan fingerprint density at radius 2 is 2.17 bits per heavy atom. The number of rotatable bonds is 6. The minimum absolute atomic E-state index is 0.260. The second-order valence-corrected chi connectivity index (χ2v) is 5.34. The summed E-state index contributed by atoms with van der Waals surface area (Å²) >= 11 is 0. The van der Waals surface area contributed by atoms with E-state index in [2.05, 4.69) is 20.8 Å². The fraction of sp³-hybridized carbons (Fsp3) is 0.917. The van der Waals surface area contributed by atoms with E-state index in [1.165, 1.54) is 43.3 Å². The SMILES string of the molecule is Cn1nnc(CC(CCC2CCCCC2)NN)n1. The average molecular weight is 252 g/mol. The molecule has 0 saturated heterocycles. The first-order chi connectivity index (χ1) is 8.78. The molecule has 2 rings (SSSR count). The van der Waals surface area contributed by atoms with Gasteiger partial charge in [-0.15, -0.1) is 10.2 Å². The zero-order valence-corrected chi connectivity index (χ0v) is 11.2. The molecule has 6 heteroatoms. The Bertz CT molecular complexity index is 344. The van der Waals surface area contributed by atoms with E-state index < -0.39 is 0 Å². The number of aryl methyl sites for hydroxylation is 1. The van der Waals surface area contributed by atoms with Crippen LogP contribution in [0.1, 0.15) is 50.8 Å². The second-order valence-electron chi connectivity index (χ2n) is 5.34. The van der Waals surface area contributed by atoms with E-state index in [9.17, 15) is 0 Å². The summed E-state index contributed by atoms with van der Waals surface area (Å²) in [4.78, 5) is 1.49. The average Bonchev–Trinajstić information content (AvgIpc) is 2.81. The number of hydrogen-bond acceptors (Lipinski definition) is 5. The van der Waals surface area contributed by atoms with Gasteiger partial charge in [-0.1, -0.05) is 32.1 Å². The summed E-state index contributed by atoms with van der Waals surface area (Å²) in [5.41, 5.74) is 2.88. The molecular weight excluding hydrogens is 228 g/mol. The van der Waals surface area contributed by atoms with E-state index in [4.69, 9.17) is 5.84 Å². The Balaban J connectivity index is 1.74. The molecule has 0 aromatic carbocycles. The number of hydrazine groups is 1. The molecule has 102 valence electrons. The molecule has 0 bridgehead atoms. The van der Waals surface area contributed by atoms with E-state index in [0.29, 0.717) is 0 Å². The molecule has 1 fully saturated rings. The Labute approximate surface area is 108 Å². The van der Waals surface area contributed by atoms with Crippen molar-refractivity contribution in [3.8, 4) is 0 Å². The van der Waals surface area contributed by atoms with Crippen LogP contribution in [0, 0.1) is 5.92 Å². The van der Waals surface area contributed by atoms with E-state index in [1.54, 1.807) is 7.05 Å². The van der Waals surface area contributed by atoms with Crippen molar-refractivity contribution in [1.82, 2.24) is 25.6 Å². The molecule has 0 aliphatic heterocycles. The Morgan fingerprint density at radius 1 is 1.39 bits per heavy atom. The first-order valence-corrected chi connectivity index (χ1v) is 6.97. The lowest BCUT2D eigenvalue weighted by molar-refractivity contribution is 0.312. The lowest BCUT2D eigenvalue weighted by Crippen LogP contribution is -2.37. The molecule has 6 nitrogen and oxygen atoms in total. The lowest BCUT2D eigenvalue weighted by atomic mass is 9.85. The molecule has 1 aliphatic rings. The van der Waals surface area contributed by atoms with Crippen LogP contribution in [0.25, 0.3) is 0 Å². The number of nitrogens with two attached hydrogens (primary N) is 1. The fourth-order valence-corrected chi connectivity index (χ4v) is 2.78. The van der Waals surface area contributed by atoms with Crippen LogP contribution in [0.5, 0.6) is 0 Å². The van der Waals surface area contributed by atoms with Crippen molar-refractivity contribution in [2.45, 2.75) is 57.4 Å². The van der Waals surface area contributed by atoms with Crippen LogP contribution < -0.4 is 11.3 Å². The van der Waals surface area contributed by atoms with Crippen molar-refractivity contribution in [2.24, 2.45) is 18.8 Å². The summed E-state index contributed by atoms with van der Waals surface area (Å²) in [6.07, 6.45) is 10.1. The molecule has 18 heavy (non-hydrogen) atoms. The summed E-state index contributed by atoms with van der Waals surface area (Å²) in [5, 5.41) is 12.0. The second kappa shape index (κ2) is 6.80. The van der Waals surface area contributed by atoms with Crippen molar-refractivity contribution in [3.05, 3.63) is 5.82 Å². The molecular formula is C12H24N6. The normalized spacial score (nSPS) is 19.0. The Hall–Kier alpha value is -1.01. The highest BCUT2D eigenvalue weighted by Crippen LogP contribution is 2.27. The molecule has 0 amide bonds. The number of nitrogens with zero attached hydrogens (tertiary/aromatic N) is 4. The topological polar surface area (TPSA) is 81.7 Å². The maximum atomic E-state index is 5.61. The summed E-state index contributed by atoms with van der Waals surface area (Å²) in [6, 6.07) is 0.260. The van der Waals surface area contributed by atoms with Crippen LogP contribution in [-0.2, 0) is 13.5 Å². The molecule has 1 saturated carbocycles. The molecule has 0 spiro atoms. The summed E-state index contributed by atoms with van der Waals surface area (Å²) < 4.78 is 0. The smallest absolute Gasteiger partial charge is 0.176 e. The van der Waals surface area contributed by atoms with Crippen LogP contribution in [0.15, 0.2) is 0 Å². The third-order valence-electron chi connectivity index (χ3n) is 3.86. The third-order valence-corrected chi connectivity index (χ3v) is 3.86. The van der Waals surface area contributed by atoms with E-state index in [-0.39, 0.29) is 6.04 Å². The van der Waals surface area contributed by atoms with Crippen molar-refractivity contribution >= 4 is 0 Å². The van der Waals surface area contributed by atoms with Gasteiger partial charge in [0, 0.05) is 12.5 Å². The summed E-state index contributed by atoms with van der Waals surface area (Å²) in [5.74, 6) is 7.27. The number of aromatic nitrogens is 4. The van der Waals surface area contributed by atoms with Crippen molar-refractivity contribution in [3.63, 3.8) is 0 Å². The predicted octanol–water partition coefficient (Wildman–Crippen LogP) is 0.945. The molecule has 1 aromatic rings. The van der Waals surface area contributed by atoms with Gasteiger partial charge in [-0.3, -0.25) is 11.3 Å². The van der Waals surface area contributed by atoms with Gasteiger partial charge in [-0.25, -0.2) is 0 Å². The highest BCUT2D eigenvalue weighted by atomic mass is 15.6. The summed E-state index contributed by atoms with van der Waals surface area (Å²) in [7, 11) is 1.78. The first kappa shape index (κ1) is 13.4. The highest BCUT2D eigenvalue weighted by molar-refractivity contribution is 4.84. The lowest BCUT2D eigenvalue weighted by Gasteiger charge is -2.23. The van der Waals surface area contributed by atoms with Gasteiger partial charge in [0.1, 0.15) is 0 Å². The van der Waals surface area contributed by atoms with Gasteiger partial charge in [0.2, 0.25) is 0 Å². The third kappa shape index (κ3) is 4.03. The van der Waals surface area contributed by atoms with Crippen LogP contribution in [0.3, 0.4) is 0 Å². The van der Waals surface area contributed by atoms with Gasteiger partial charge in [-0.2, -0.15) is 4.80 Å². The van der Waals surface area contributed by atoms with E-state index in [1.807, 2.05) is 0 Å². The van der Waals surface area contributed by atoms with Crippen LogP contribution in [0.2, 0.25) is 0 Å². The number of tetrazole rings is 1. The van der Waals surface area contributed by atoms with Crippen LogP contribution >= 0.6 is 0 Å². The zero-order chi connectivity index (χ0) is 12.8. The maximum absolute atomic E-state index is 5.61. The minimum Gasteiger partial charge on any atom is -0.271 e. The fourth-order valence-electron chi connectivity index (χ4n) is 2.78. The van der Waals surface area contributed by atoms with Crippen LogP contribution in [0.4, 0.5) is 0 Å². The van der Waals surface area contributed by atoms with Crippen molar-refractivity contribution in [1.29, 1.82) is 0 Å². The maximum Gasteiger partial charge on any atom is 0.176 e. The van der Waals surface area contributed by atoms with Crippen molar-refractivity contribution in [2.75, 3.05) is 0 Å². The standard InChI is InChI=1S/C12H24N6/c1-18-16-12(15-17-18)9-11(14-13)8-7-10-5-3-2-4-6-10/h10-11,14H,2-9,13H2,1H3. The Morgan fingerprint density at radius 3 is 2.78 bits per heavy atom.